The number of alkyl halides is 1. The average Bonchev–Trinajstić information content (AvgIpc) is 3.07. The number of ether oxygens (including phenoxy) is 1. The number of halogens is 2. The van der Waals surface area contributed by atoms with Crippen LogP contribution < -0.4 is 4.74 Å². The van der Waals surface area contributed by atoms with E-state index < -0.39 is 6.67 Å². The smallest absolute Gasteiger partial charge is 0.215 e. The lowest BCUT2D eigenvalue weighted by Crippen LogP contribution is -2.03. The van der Waals surface area contributed by atoms with Crippen LogP contribution >= 0.6 is 0 Å². The summed E-state index contributed by atoms with van der Waals surface area (Å²) in [6.45, 7) is -0.630. The first-order valence-corrected chi connectivity index (χ1v) is 8.15. The van der Waals surface area contributed by atoms with Gasteiger partial charge >= 0.3 is 0 Å². The normalized spacial score (nSPS) is 11.0. The molecule has 3 heterocycles. The second-order valence-corrected chi connectivity index (χ2v) is 5.66. The van der Waals surface area contributed by atoms with Crippen LogP contribution in [0, 0.1) is 5.82 Å². The second kappa shape index (κ2) is 6.92. The molecule has 0 saturated heterocycles. The molecular formula is C20H15F2N3O. The minimum absolute atomic E-state index is 0.0462. The molecule has 4 rings (SSSR count). The summed E-state index contributed by atoms with van der Waals surface area (Å²) in [5, 5.41) is 4.67. The summed E-state index contributed by atoms with van der Waals surface area (Å²) in [6, 6.07) is 15.4. The topological polar surface area (TPSA) is 39.4 Å². The van der Waals surface area contributed by atoms with E-state index >= 15 is 0 Å². The molecule has 3 aromatic heterocycles. The average molecular weight is 351 g/mol. The third-order valence-corrected chi connectivity index (χ3v) is 4.04. The van der Waals surface area contributed by atoms with Crippen LogP contribution in [0.15, 0.2) is 67.0 Å². The van der Waals surface area contributed by atoms with Gasteiger partial charge in [-0.15, -0.1) is 0 Å². The summed E-state index contributed by atoms with van der Waals surface area (Å²) in [4.78, 5) is 4.06. The predicted octanol–water partition coefficient (Wildman–Crippen LogP) is 4.55. The molecule has 6 heteroatoms. The summed E-state index contributed by atoms with van der Waals surface area (Å²) in [6.07, 6.45) is 3.41. The largest absolute Gasteiger partial charge is 0.475 e. The van der Waals surface area contributed by atoms with E-state index in [1.165, 1.54) is 12.1 Å². The maximum Gasteiger partial charge on any atom is 0.215 e. The molecule has 0 saturated carbocycles. The highest BCUT2D eigenvalue weighted by Gasteiger charge is 2.18. The fourth-order valence-electron chi connectivity index (χ4n) is 2.91. The first-order chi connectivity index (χ1) is 12.8. The van der Waals surface area contributed by atoms with Crippen molar-refractivity contribution in [2.24, 2.45) is 0 Å². The van der Waals surface area contributed by atoms with Crippen molar-refractivity contribution >= 4 is 5.52 Å². The van der Waals surface area contributed by atoms with Crippen molar-refractivity contribution in [3.63, 3.8) is 0 Å². The maximum atomic E-state index is 13.3. The Labute approximate surface area is 148 Å². The molecule has 130 valence electrons. The molecular weight excluding hydrogens is 336 g/mol. The van der Waals surface area contributed by atoms with E-state index in [-0.39, 0.29) is 12.4 Å². The third-order valence-electron chi connectivity index (χ3n) is 4.04. The molecule has 4 aromatic rings. The quantitative estimate of drug-likeness (QED) is 0.529. The Bertz CT molecular complexity index is 1030. The highest BCUT2D eigenvalue weighted by atomic mass is 19.1. The molecule has 0 aliphatic heterocycles. The molecule has 0 spiro atoms. The summed E-state index contributed by atoms with van der Waals surface area (Å²) in [5.74, 6) is 0.138. The molecule has 0 aliphatic rings. The molecule has 0 fully saturated rings. The molecule has 1 aromatic carbocycles. The predicted molar refractivity (Wildman–Crippen MR) is 95.3 cm³/mol. The molecule has 0 amide bonds. The molecule has 0 unspecified atom stereocenters. The minimum atomic E-state index is -0.584. The fourth-order valence-corrected chi connectivity index (χ4v) is 2.91. The molecule has 0 aliphatic carbocycles. The zero-order valence-corrected chi connectivity index (χ0v) is 13.8. The fraction of sp³-hybridized carbons (Fsp3) is 0.100. The van der Waals surface area contributed by atoms with E-state index in [9.17, 15) is 8.78 Å². The van der Waals surface area contributed by atoms with E-state index in [1.807, 2.05) is 24.3 Å². The number of rotatable bonds is 5. The highest BCUT2D eigenvalue weighted by molar-refractivity contribution is 5.92. The maximum absolute atomic E-state index is 13.3. The van der Waals surface area contributed by atoms with E-state index in [4.69, 9.17) is 4.74 Å². The molecule has 0 bridgehead atoms. The third kappa shape index (κ3) is 2.90. The van der Waals surface area contributed by atoms with Gasteiger partial charge in [-0.25, -0.2) is 8.78 Å². The summed E-state index contributed by atoms with van der Waals surface area (Å²) < 4.78 is 33.0. The molecule has 26 heavy (non-hydrogen) atoms. The Morgan fingerprint density at radius 3 is 2.42 bits per heavy atom. The van der Waals surface area contributed by atoms with Gasteiger partial charge in [-0.1, -0.05) is 6.07 Å². The van der Waals surface area contributed by atoms with Crippen LogP contribution in [0.1, 0.15) is 0 Å². The SMILES string of the molecule is FCCOc1cccc2c(-c3ccncc3)c(-c3ccc(F)cc3)nn12. The number of pyridine rings is 2. The van der Waals surface area contributed by atoms with E-state index in [1.54, 1.807) is 35.1 Å². The lowest BCUT2D eigenvalue weighted by atomic mass is 10.0. The van der Waals surface area contributed by atoms with Crippen molar-refractivity contribution in [2.75, 3.05) is 13.3 Å². The molecule has 4 nitrogen and oxygen atoms in total. The van der Waals surface area contributed by atoms with Gasteiger partial charge in [0.05, 0.1) is 5.52 Å². The van der Waals surface area contributed by atoms with Gasteiger partial charge in [-0.3, -0.25) is 4.98 Å². The van der Waals surface area contributed by atoms with Gasteiger partial charge in [0.15, 0.2) is 0 Å². The van der Waals surface area contributed by atoms with Crippen LogP contribution in [-0.4, -0.2) is 27.9 Å². The highest BCUT2D eigenvalue weighted by Crippen LogP contribution is 2.36. The van der Waals surface area contributed by atoms with Crippen LogP contribution in [0.25, 0.3) is 27.9 Å². The van der Waals surface area contributed by atoms with Gasteiger partial charge in [0, 0.05) is 29.6 Å². The Morgan fingerprint density at radius 2 is 1.69 bits per heavy atom. The Balaban J connectivity index is 1.98. The van der Waals surface area contributed by atoms with Crippen LogP contribution in [0.3, 0.4) is 0 Å². The number of fused-ring (bicyclic) bond motifs is 1. The van der Waals surface area contributed by atoms with Gasteiger partial charge in [0.25, 0.3) is 0 Å². The lowest BCUT2D eigenvalue weighted by Gasteiger charge is -2.06. The number of nitrogens with zero attached hydrogens (tertiary/aromatic N) is 3. The van der Waals surface area contributed by atoms with Crippen molar-refractivity contribution < 1.29 is 13.5 Å². The van der Waals surface area contributed by atoms with Gasteiger partial charge in [0.2, 0.25) is 5.88 Å². The van der Waals surface area contributed by atoms with Crippen molar-refractivity contribution in [1.82, 2.24) is 14.6 Å². The van der Waals surface area contributed by atoms with Crippen molar-refractivity contribution in [2.45, 2.75) is 0 Å². The number of aromatic nitrogens is 3. The van der Waals surface area contributed by atoms with E-state index in [0.29, 0.717) is 11.6 Å². The lowest BCUT2D eigenvalue weighted by molar-refractivity contribution is 0.259. The van der Waals surface area contributed by atoms with E-state index in [2.05, 4.69) is 10.1 Å². The number of benzene rings is 1. The first-order valence-electron chi connectivity index (χ1n) is 8.15. The minimum Gasteiger partial charge on any atom is -0.475 e. The van der Waals surface area contributed by atoms with Crippen molar-refractivity contribution in [3.05, 3.63) is 72.8 Å². The number of hydrogen-bond donors (Lipinski definition) is 0. The Kier molecular flexibility index (Phi) is 4.31. The Morgan fingerprint density at radius 1 is 0.923 bits per heavy atom. The van der Waals surface area contributed by atoms with Crippen LogP contribution in [0.4, 0.5) is 8.78 Å². The van der Waals surface area contributed by atoms with Crippen molar-refractivity contribution in [1.29, 1.82) is 0 Å². The second-order valence-electron chi connectivity index (χ2n) is 5.66. The summed E-state index contributed by atoms with van der Waals surface area (Å²) in [5.41, 5.74) is 4.08. The van der Waals surface area contributed by atoms with Gasteiger partial charge in [-0.2, -0.15) is 9.61 Å². The molecule has 0 atom stereocenters. The van der Waals surface area contributed by atoms with Gasteiger partial charge < -0.3 is 4.74 Å². The van der Waals surface area contributed by atoms with Crippen LogP contribution in [0.2, 0.25) is 0 Å². The Hall–Kier alpha value is -3.28. The summed E-state index contributed by atoms with van der Waals surface area (Å²) >= 11 is 0. The monoisotopic (exact) mass is 351 g/mol. The van der Waals surface area contributed by atoms with Crippen LogP contribution in [-0.2, 0) is 0 Å². The summed E-state index contributed by atoms with van der Waals surface area (Å²) in [7, 11) is 0. The van der Waals surface area contributed by atoms with Crippen molar-refractivity contribution in [3.8, 4) is 28.3 Å². The zero-order chi connectivity index (χ0) is 17.9. The van der Waals surface area contributed by atoms with Gasteiger partial charge in [0.1, 0.15) is 24.8 Å². The van der Waals surface area contributed by atoms with Gasteiger partial charge in [-0.05, 0) is 48.0 Å². The molecule has 0 radical (unpaired) electrons. The molecule has 0 N–H and O–H groups in total. The van der Waals surface area contributed by atoms with Crippen LogP contribution in [0.5, 0.6) is 5.88 Å². The van der Waals surface area contributed by atoms with E-state index in [0.717, 1.165) is 22.2 Å². The number of hydrogen-bond acceptors (Lipinski definition) is 3. The standard InChI is InChI=1S/C20H15F2N3O/c21-10-13-26-18-3-1-2-17-19(14-8-11-23-12-9-14)20(24-25(17)18)15-4-6-16(22)7-5-15/h1-9,11-12H,10,13H2. The zero-order valence-electron chi connectivity index (χ0n) is 13.8. The first kappa shape index (κ1) is 16.2.